The Morgan fingerprint density at radius 3 is 2.87 bits per heavy atom. The largest absolute Gasteiger partial charge is 0.366 e. The molecule has 2 heterocycles. The normalized spacial score (nSPS) is 10.5. The summed E-state index contributed by atoms with van der Waals surface area (Å²) >= 11 is 3.26. The fraction of sp³-hybridized carbons (Fsp3) is 0.250. The lowest BCUT2D eigenvalue weighted by molar-refractivity contribution is 0.594. The van der Waals surface area contributed by atoms with E-state index in [0.29, 0.717) is 11.3 Å². The highest BCUT2D eigenvalue weighted by atomic mass is 79.9. The Bertz CT molecular complexity index is 440. The first-order valence-electron chi connectivity index (χ1n) is 4.36. The first-order chi connectivity index (χ1) is 7.25. The van der Waals surface area contributed by atoms with E-state index in [4.69, 9.17) is 5.73 Å². The van der Waals surface area contributed by atoms with Crippen molar-refractivity contribution >= 4 is 21.9 Å². The molecule has 0 aliphatic heterocycles. The van der Waals surface area contributed by atoms with Crippen LogP contribution in [0.5, 0.6) is 0 Å². The maximum Gasteiger partial charge on any atom is 0.240 e. The van der Waals surface area contributed by atoms with E-state index in [9.17, 15) is 0 Å². The molecule has 0 aromatic carbocycles. The molecule has 0 fully saturated rings. The Kier molecular flexibility index (Phi) is 2.91. The van der Waals surface area contributed by atoms with E-state index in [-0.39, 0.29) is 5.95 Å². The van der Waals surface area contributed by atoms with Gasteiger partial charge in [0, 0.05) is 31.6 Å². The van der Waals surface area contributed by atoms with Crippen LogP contribution in [-0.4, -0.2) is 24.7 Å². The van der Waals surface area contributed by atoms with Gasteiger partial charge in [-0.25, -0.2) is 4.68 Å². The lowest BCUT2D eigenvalue weighted by Gasteiger charge is -2.00. The van der Waals surface area contributed by atoms with Gasteiger partial charge in [-0.05, 0) is 15.9 Å². The topological polar surface area (TPSA) is 82.5 Å². The van der Waals surface area contributed by atoms with Crippen molar-refractivity contribution < 1.29 is 0 Å². The molecule has 78 valence electrons. The zero-order valence-electron chi connectivity index (χ0n) is 7.84. The molecule has 6 nitrogen and oxygen atoms in total. The minimum absolute atomic E-state index is 0.265. The summed E-state index contributed by atoms with van der Waals surface area (Å²) in [6, 6.07) is 0. The summed E-state index contributed by atoms with van der Waals surface area (Å²) in [6.07, 6.45) is 5.79. The molecule has 2 rings (SSSR count). The number of anilines is 1. The second kappa shape index (κ2) is 4.35. The smallest absolute Gasteiger partial charge is 0.240 e. The minimum Gasteiger partial charge on any atom is -0.366 e. The van der Waals surface area contributed by atoms with Gasteiger partial charge in [-0.2, -0.15) is 4.98 Å². The molecule has 0 unspecified atom stereocenters. The van der Waals surface area contributed by atoms with Gasteiger partial charge in [0.1, 0.15) is 0 Å². The summed E-state index contributed by atoms with van der Waals surface area (Å²) in [5.41, 5.74) is 6.36. The number of hydrogen-bond donors (Lipinski definition) is 1. The predicted octanol–water partition coefficient (Wildman–Crippen LogP) is 0.655. The van der Waals surface area contributed by atoms with Gasteiger partial charge in [-0.15, -0.1) is 5.10 Å². The summed E-state index contributed by atoms with van der Waals surface area (Å²) in [5.74, 6) is 0.265. The number of halogens is 1. The monoisotopic (exact) mass is 268 g/mol. The van der Waals surface area contributed by atoms with E-state index in [1.807, 2.05) is 0 Å². The van der Waals surface area contributed by atoms with Gasteiger partial charge in [-0.3, -0.25) is 9.97 Å². The second-order valence-electron chi connectivity index (χ2n) is 2.91. The van der Waals surface area contributed by atoms with Gasteiger partial charge < -0.3 is 5.73 Å². The van der Waals surface area contributed by atoms with Crippen LogP contribution in [0.4, 0.5) is 5.95 Å². The van der Waals surface area contributed by atoms with Crippen LogP contribution in [0.3, 0.4) is 0 Å². The Morgan fingerprint density at radius 1 is 1.40 bits per heavy atom. The zero-order valence-corrected chi connectivity index (χ0v) is 9.42. The summed E-state index contributed by atoms with van der Waals surface area (Å²) in [6.45, 7) is 0.670. The van der Waals surface area contributed by atoms with Crippen molar-refractivity contribution in [3.8, 4) is 0 Å². The van der Waals surface area contributed by atoms with Crippen LogP contribution < -0.4 is 5.73 Å². The van der Waals surface area contributed by atoms with Crippen LogP contribution in [0.25, 0.3) is 0 Å². The van der Waals surface area contributed by atoms with E-state index >= 15 is 0 Å². The average Bonchev–Trinajstić information content (AvgIpc) is 2.56. The maximum absolute atomic E-state index is 5.45. The van der Waals surface area contributed by atoms with Gasteiger partial charge in [0.05, 0.1) is 5.69 Å². The molecular weight excluding hydrogens is 260 g/mol. The molecular formula is C8H9BrN6. The van der Waals surface area contributed by atoms with Crippen molar-refractivity contribution in [3.05, 3.63) is 29.0 Å². The molecule has 15 heavy (non-hydrogen) atoms. The average molecular weight is 269 g/mol. The van der Waals surface area contributed by atoms with Crippen LogP contribution in [0, 0.1) is 0 Å². The number of rotatable bonds is 3. The number of nitrogens with two attached hydrogens (primary N) is 1. The lowest BCUT2D eigenvalue weighted by atomic mass is 10.3. The molecule has 0 aliphatic carbocycles. The number of aryl methyl sites for hydroxylation is 2. The number of nitrogens with zero attached hydrogens (tertiary/aromatic N) is 5. The molecule has 0 amide bonds. The number of aromatic nitrogens is 5. The first-order valence-corrected chi connectivity index (χ1v) is 5.16. The van der Waals surface area contributed by atoms with Crippen LogP contribution in [0.1, 0.15) is 5.69 Å². The number of nitrogen functional groups attached to an aromatic ring is 1. The minimum atomic E-state index is 0.265. The first kappa shape index (κ1) is 10.0. The van der Waals surface area contributed by atoms with Crippen molar-refractivity contribution in [1.29, 1.82) is 0 Å². The van der Waals surface area contributed by atoms with Crippen LogP contribution in [-0.2, 0) is 13.0 Å². The molecule has 2 N–H and O–H groups in total. The third-order valence-electron chi connectivity index (χ3n) is 1.84. The summed E-state index contributed by atoms with van der Waals surface area (Å²) in [4.78, 5) is 12.1. The van der Waals surface area contributed by atoms with E-state index < -0.39 is 0 Å². The lowest BCUT2D eigenvalue weighted by Crippen LogP contribution is -2.05. The molecule has 2 aromatic heterocycles. The van der Waals surface area contributed by atoms with E-state index in [1.165, 1.54) is 0 Å². The molecule has 0 atom stereocenters. The Labute approximate surface area is 94.7 Å². The van der Waals surface area contributed by atoms with Crippen molar-refractivity contribution in [3.63, 3.8) is 0 Å². The second-order valence-corrected chi connectivity index (χ2v) is 3.62. The molecule has 0 aliphatic rings. The van der Waals surface area contributed by atoms with Gasteiger partial charge >= 0.3 is 0 Å². The van der Waals surface area contributed by atoms with Gasteiger partial charge in [0.2, 0.25) is 5.95 Å². The summed E-state index contributed by atoms with van der Waals surface area (Å²) < 4.78 is 2.31. The Hall–Kier alpha value is -1.50. The van der Waals surface area contributed by atoms with Crippen molar-refractivity contribution in [2.24, 2.45) is 0 Å². The van der Waals surface area contributed by atoms with Gasteiger partial charge in [-0.1, -0.05) is 0 Å². The van der Waals surface area contributed by atoms with Gasteiger partial charge in [0.25, 0.3) is 0 Å². The highest BCUT2D eigenvalue weighted by Gasteiger charge is 2.04. The molecule has 7 heteroatoms. The fourth-order valence-electron chi connectivity index (χ4n) is 1.16. The molecule has 0 spiro atoms. The van der Waals surface area contributed by atoms with Gasteiger partial charge in [0.15, 0.2) is 4.73 Å². The zero-order chi connectivity index (χ0) is 10.7. The van der Waals surface area contributed by atoms with Crippen molar-refractivity contribution in [2.75, 3.05) is 5.73 Å². The fourth-order valence-corrected chi connectivity index (χ4v) is 1.60. The Balaban J connectivity index is 2.02. The highest BCUT2D eigenvalue weighted by Crippen LogP contribution is 2.08. The quantitative estimate of drug-likeness (QED) is 0.884. The van der Waals surface area contributed by atoms with Crippen molar-refractivity contribution in [2.45, 2.75) is 13.0 Å². The number of hydrogen-bond acceptors (Lipinski definition) is 5. The summed E-state index contributed by atoms with van der Waals surface area (Å²) in [7, 11) is 0. The SMILES string of the molecule is Nc1nc(Br)n(CCc2cnccn2)n1. The van der Waals surface area contributed by atoms with E-state index in [2.05, 4.69) is 36.0 Å². The molecule has 2 aromatic rings. The standard InChI is InChI=1S/C8H9BrN6/c9-7-13-8(10)14-15(7)4-1-6-5-11-2-3-12-6/h2-3,5H,1,4H2,(H2,10,14). The van der Waals surface area contributed by atoms with E-state index in [0.717, 1.165) is 12.1 Å². The molecule has 0 radical (unpaired) electrons. The Morgan fingerprint density at radius 2 is 2.27 bits per heavy atom. The molecule has 0 saturated heterocycles. The third kappa shape index (κ3) is 2.50. The van der Waals surface area contributed by atoms with E-state index in [1.54, 1.807) is 23.3 Å². The maximum atomic E-state index is 5.45. The summed E-state index contributed by atoms with van der Waals surface area (Å²) in [5, 5.41) is 4.01. The van der Waals surface area contributed by atoms with Crippen LogP contribution in [0.2, 0.25) is 0 Å². The van der Waals surface area contributed by atoms with Crippen LogP contribution >= 0.6 is 15.9 Å². The third-order valence-corrected chi connectivity index (χ3v) is 2.43. The highest BCUT2D eigenvalue weighted by molar-refractivity contribution is 9.10. The molecule has 0 saturated carbocycles. The predicted molar refractivity (Wildman–Crippen MR) is 57.9 cm³/mol. The molecule has 0 bridgehead atoms. The van der Waals surface area contributed by atoms with Crippen molar-refractivity contribution in [1.82, 2.24) is 24.7 Å². The van der Waals surface area contributed by atoms with Crippen LogP contribution in [0.15, 0.2) is 23.3 Å².